The van der Waals surface area contributed by atoms with Crippen LogP contribution in [0.2, 0.25) is 5.02 Å². The molecule has 2 aliphatic heterocycles. The summed E-state index contributed by atoms with van der Waals surface area (Å²) < 4.78 is 0. The van der Waals surface area contributed by atoms with Gasteiger partial charge in [-0.05, 0) is 24.5 Å². The van der Waals surface area contributed by atoms with Gasteiger partial charge in [-0.15, -0.1) is 6.58 Å². The van der Waals surface area contributed by atoms with E-state index >= 15 is 0 Å². The molecule has 6 heteroatoms. The normalized spacial score (nSPS) is 18.9. The van der Waals surface area contributed by atoms with E-state index in [0.717, 1.165) is 35.5 Å². The van der Waals surface area contributed by atoms with E-state index in [0.29, 0.717) is 30.0 Å². The lowest BCUT2D eigenvalue weighted by Crippen LogP contribution is -2.41. The SMILES string of the molecule is C=CCCC(=O)N1NCC2=C1NC(CCC)=C(C#N)C2c1ccccc1Cl. The molecule has 2 heterocycles. The second-order valence-corrected chi connectivity index (χ2v) is 7.01. The topological polar surface area (TPSA) is 68.2 Å². The monoisotopic (exact) mass is 382 g/mol. The Morgan fingerprint density at radius 3 is 2.93 bits per heavy atom. The third kappa shape index (κ3) is 3.64. The molecule has 27 heavy (non-hydrogen) atoms. The van der Waals surface area contributed by atoms with Crippen molar-refractivity contribution in [3.63, 3.8) is 0 Å². The molecule has 0 saturated carbocycles. The van der Waals surface area contributed by atoms with Crippen LogP contribution in [0.1, 0.15) is 44.1 Å². The molecule has 1 aromatic rings. The number of nitriles is 1. The minimum Gasteiger partial charge on any atom is -0.343 e. The van der Waals surface area contributed by atoms with Crippen LogP contribution in [0.25, 0.3) is 0 Å². The molecular formula is C21H23ClN4O. The fourth-order valence-corrected chi connectivity index (χ4v) is 3.83. The lowest BCUT2D eigenvalue weighted by Gasteiger charge is -2.30. The number of hydrazine groups is 1. The van der Waals surface area contributed by atoms with Crippen molar-refractivity contribution in [2.24, 2.45) is 0 Å². The third-order valence-corrected chi connectivity index (χ3v) is 5.18. The maximum atomic E-state index is 12.6. The van der Waals surface area contributed by atoms with Crippen molar-refractivity contribution < 1.29 is 4.79 Å². The predicted octanol–water partition coefficient (Wildman–Crippen LogP) is 4.13. The highest BCUT2D eigenvalue weighted by Crippen LogP contribution is 2.43. The molecule has 0 spiro atoms. The highest BCUT2D eigenvalue weighted by Gasteiger charge is 2.39. The number of rotatable bonds is 6. The molecule has 0 fully saturated rings. The number of halogens is 1. The van der Waals surface area contributed by atoms with Crippen LogP contribution >= 0.6 is 11.6 Å². The van der Waals surface area contributed by atoms with Crippen LogP contribution in [-0.4, -0.2) is 17.5 Å². The number of amides is 1. The molecule has 0 aromatic heterocycles. The first-order valence-electron chi connectivity index (χ1n) is 9.17. The van der Waals surface area contributed by atoms with Crippen molar-refractivity contribution in [2.75, 3.05) is 6.54 Å². The van der Waals surface area contributed by atoms with E-state index in [4.69, 9.17) is 11.6 Å². The Morgan fingerprint density at radius 2 is 2.26 bits per heavy atom. The summed E-state index contributed by atoms with van der Waals surface area (Å²) in [6.45, 7) is 6.24. The van der Waals surface area contributed by atoms with E-state index in [9.17, 15) is 10.1 Å². The average molecular weight is 383 g/mol. The number of benzene rings is 1. The van der Waals surface area contributed by atoms with Gasteiger partial charge in [0.1, 0.15) is 5.82 Å². The Labute approximate surface area is 165 Å². The molecule has 1 amide bonds. The zero-order chi connectivity index (χ0) is 19.4. The van der Waals surface area contributed by atoms with Gasteiger partial charge in [0.05, 0.1) is 11.6 Å². The molecule has 0 radical (unpaired) electrons. The lowest BCUT2D eigenvalue weighted by atomic mass is 9.81. The van der Waals surface area contributed by atoms with Gasteiger partial charge < -0.3 is 5.32 Å². The average Bonchev–Trinajstić information content (AvgIpc) is 3.09. The largest absolute Gasteiger partial charge is 0.343 e. The Balaban J connectivity index is 2.08. The molecule has 0 bridgehead atoms. The molecule has 0 aliphatic carbocycles. The van der Waals surface area contributed by atoms with Crippen LogP contribution in [0.4, 0.5) is 0 Å². The smallest absolute Gasteiger partial charge is 0.242 e. The Bertz CT molecular complexity index is 865. The van der Waals surface area contributed by atoms with E-state index in [1.165, 1.54) is 0 Å². The van der Waals surface area contributed by atoms with Crippen molar-refractivity contribution in [3.05, 3.63) is 70.2 Å². The first-order valence-corrected chi connectivity index (χ1v) is 9.55. The summed E-state index contributed by atoms with van der Waals surface area (Å²) >= 11 is 6.48. The van der Waals surface area contributed by atoms with E-state index < -0.39 is 0 Å². The Hall–Kier alpha value is -2.55. The molecule has 1 aromatic carbocycles. The van der Waals surface area contributed by atoms with Gasteiger partial charge in [0.15, 0.2) is 0 Å². The molecule has 1 unspecified atom stereocenters. The maximum Gasteiger partial charge on any atom is 0.242 e. The van der Waals surface area contributed by atoms with E-state index in [-0.39, 0.29) is 11.8 Å². The number of nitrogens with one attached hydrogen (secondary N) is 2. The summed E-state index contributed by atoms with van der Waals surface area (Å²) in [7, 11) is 0. The predicted molar refractivity (Wildman–Crippen MR) is 106 cm³/mol. The van der Waals surface area contributed by atoms with Gasteiger partial charge >= 0.3 is 0 Å². The van der Waals surface area contributed by atoms with Gasteiger partial charge in [0, 0.05) is 35.2 Å². The highest BCUT2D eigenvalue weighted by atomic mass is 35.5. The Kier molecular flexibility index (Phi) is 6.00. The van der Waals surface area contributed by atoms with Crippen molar-refractivity contribution in [1.29, 1.82) is 5.26 Å². The number of hydrogen-bond acceptors (Lipinski definition) is 4. The van der Waals surface area contributed by atoms with Crippen LogP contribution in [-0.2, 0) is 4.79 Å². The van der Waals surface area contributed by atoms with Gasteiger partial charge in [-0.3, -0.25) is 4.79 Å². The van der Waals surface area contributed by atoms with Gasteiger partial charge in [0.2, 0.25) is 5.91 Å². The van der Waals surface area contributed by atoms with E-state index in [1.807, 2.05) is 24.3 Å². The van der Waals surface area contributed by atoms with Crippen LogP contribution in [0.3, 0.4) is 0 Å². The molecule has 2 N–H and O–H groups in total. The van der Waals surface area contributed by atoms with Crippen LogP contribution in [0, 0.1) is 11.3 Å². The molecule has 1 atom stereocenters. The molecule has 0 saturated heterocycles. The minimum absolute atomic E-state index is 0.0263. The summed E-state index contributed by atoms with van der Waals surface area (Å²) in [5.41, 5.74) is 6.55. The number of carbonyl (C=O) groups is 1. The third-order valence-electron chi connectivity index (χ3n) is 4.84. The molecule has 140 valence electrons. The fraction of sp³-hybridized carbons (Fsp3) is 0.333. The van der Waals surface area contributed by atoms with Gasteiger partial charge in [0.25, 0.3) is 0 Å². The quantitative estimate of drug-likeness (QED) is 0.726. The second kappa shape index (κ2) is 8.43. The summed E-state index contributed by atoms with van der Waals surface area (Å²) in [6, 6.07) is 9.97. The highest BCUT2D eigenvalue weighted by molar-refractivity contribution is 6.31. The first kappa shape index (κ1) is 19.2. The van der Waals surface area contributed by atoms with Crippen molar-refractivity contribution in [2.45, 2.75) is 38.5 Å². The van der Waals surface area contributed by atoms with Crippen LogP contribution in [0.15, 0.2) is 59.6 Å². The summed E-state index contributed by atoms with van der Waals surface area (Å²) in [6.07, 6.45) is 4.36. The summed E-state index contributed by atoms with van der Waals surface area (Å²) in [5, 5.41) is 15.4. The van der Waals surface area contributed by atoms with Crippen LogP contribution in [0.5, 0.6) is 0 Å². The molecule has 2 aliphatic rings. The minimum atomic E-state index is -0.258. The van der Waals surface area contributed by atoms with Gasteiger partial charge in [-0.2, -0.15) is 5.26 Å². The number of hydrogen-bond donors (Lipinski definition) is 2. The second-order valence-electron chi connectivity index (χ2n) is 6.60. The molecular weight excluding hydrogens is 360 g/mol. The fourth-order valence-electron chi connectivity index (χ4n) is 3.59. The summed E-state index contributed by atoms with van der Waals surface area (Å²) in [5.74, 6) is 0.448. The number of allylic oxidation sites excluding steroid dienone is 3. The number of dihydropyridines is 1. The summed E-state index contributed by atoms with van der Waals surface area (Å²) in [4.78, 5) is 12.6. The first-order chi connectivity index (χ1) is 13.1. The zero-order valence-electron chi connectivity index (χ0n) is 15.4. The van der Waals surface area contributed by atoms with Crippen molar-refractivity contribution in [3.8, 4) is 6.07 Å². The zero-order valence-corrected chi connectivity index (χ0v) is 16.1. The standard InChI is InChI=1S/C21H23ClN4O/c1-3-5-11-19(27)26-21-16(13-24-26)20(14-9-6-7-10-17(14)22)15(12-23)18(25-21)8-4-2/h3,6-7,9-10,20,24-25H,1,4-5,8,11,13H2,2H3. The molecule has 3 rings (SSSR count). The van der Waals surface area contributed by atoms with Gasteiger partial charge in [-0.25, -0.2) is 10.4 Å². The van der Waals surface area contributed by atoms with Crippen LogP contribution < -0.4 is 10.7 Å². The maximum absolute atomic E-state index is 12.6. The van der Waals surface area contributed by atoms with Gasteiger partial charge in [-0.1, -0.05) is 49.2 Å². The lowest BCUT2D eigenvalue weighted by molar-refractivity contribution is -0.131. The number of carbonyl (C=O) groups excluding carboxylic acids is 1. The van der Waals surface area contributed by atoms with E-state index in [1.54, 1.807) is 11.1 Å². The number of nitrogens with zero attached hydrogens (tertiary/aromatic N) is 2. The van der Waals surface area contributed by atoms with E-state index in [2.05, 4.69) is 30.3 Å². The van der Waals surface area contributed by atoms with Crippen molar-refractivity contribution in [1.82, 2.24) is 15.8 Å². The van der Waals surface area contributed by atoms with Crippen molar-refractivity contribution >= 4 is 17.5 Å². The molecule has 5 nitrogen and oxygen atoms in total. The Morgan fingerprint density at radius 1 is 1.48 bits per heavy atom.